The molecule has 0 aromatic heterocycles. The quantitative estimate of drug-likeness (QED) is 0.598. The topological polar surface area (TPSA) is 21.7 Å². The van der Waals surface area contributed by atoms with Crippen molar-refractivity contribution in [2.45, 2.75) is 18.1 Å². The molecule has 0 aliphatic carbocycles. The van der Waals surface area contributed by atoms with E-state index in [1.165, 1.54) is 19.2 Å². The fourth-order valence-corrected chi connectivity index (χ4v) is 3.22. The Kier molecular flexibility index (Phi) is 7.46. The van der Waals surface area contributed by atoms with E-state index in [1.54, 1.807) is 36.0 Å². The van der Waals surface area contributed by atoms with Gasteiger partial charge >= 0.3 is 6.61 Å². The third-order valence-corrected chi connectivity index (χ3v) is 4.44. The third-order valence-electron chi connectivity index (χ3n) is 3.45. The molecular weight excluding hydrogens is 351 g/mol. The van der Waals surface area contributed by atoms with E-state index in [0.717, 1.165) is 22.8 Å². The lowest BCUT2D eigenvalue weighted by molar-refractivity contribution is -0.0512. The molecule has 3 nitrogen and oxygen atoms in total. The zero-order valence-corrected chi connectivity index (χ0v) is 14.9. The number of alkyl halides is 2. The molecule has 0 N–H and O–H groups in total. The van der Waals surface area contributed by atoms with Crippen LogP contribution in [-0.4, -0.2) is 38.0 Å². The number of methoxy groups -OCH3 is 1. The van der Waals surface area contributed by atoms with Crippen molar-refractivity contribution in [3.05, 3.63) is 53.8 Å². The molecule has 0 aliphatic heterocycles. The first-order chi connectivity index (χ1) is 12.0. The summed E-state index contributed by atoms with van der Waals surface area (Å²) in [6.45, 7) is -1.51. The van der Waals surface area contributed by atoms with E-state index in [2.05, 4.69) is 9.64 Å². The Morgan fingerprint density at radius 1 is 1.08 bits per heavy atom. The summed E-state index contributed by atoms with van der Waals surface area (Å²) < 4.78 is 47.3. The first kappa shape index (κ1) is 19.5. The van der Waals surface area contributed by atoms with Crippen LogP contribution in [0.15, 0.2) is 47.4 Å². The molecule has 0 radical (unpaired) electrons. The van der Waals surface area contributed by atoms with Crippen molar-refractivity contribution in [2.24, 2.45) is 0 Å². The summed E-state index contributed by atoms with van der Waals surface area (Å²) in [6, 6.07) is 11.4. The van der Waals surface area contributed by atoms with Crippen LogP contribution in [0.25, 0.3) is 0 Å². The van der Waals surface area contributed by atoms with E-state index >= 15 is 0 Å². The van der Waals surface area contributed by atoms with Crippen molar-refractivity contribution in [1.82, 2.24) is 4.90 Å². The van der Waals surface area contributed by atoms with Crippen molar-refractivity contribution >= 4 is 11.8 Å². The SMILES string of the molecule is COc1ccc(CN(C)CCSc2ccc(F)cc2)cc1OC(F)F. The van der Waals surface area contributed by atoms with E-state index in [4.69, 9.17) is 4.74 Å². The zero-order chi connectivity index (χ0) is 18.2. The molecule has 2 aromatic rings. The minimum absolute atomic E-state index is 0.0316. The van der Waals surface area contributed by atoms with Gasteiger partial charge in [-0.05, 0) is 49.0 Å². The van der Waals surface area contributed by atoms with Crippen LogP contribution in [0.3, 0.4) is 0 Å². The van der Waals surface area contributed by atoms with E-state index in [9.17, 15) is 13.2 Å². The van der Waals surface area contributed by atoms with Gasteiger partial charge in [0.1, 0.15) is 5.82 Å². The Morgan fingerprint density at radius 2 is 1.80 bits per heavy atom. The summed E-state index contributed by atoms with van der Waals surface area (Å²) in [5.41, 5.74) is 0.853. The number of hydrogen-bond acceptors (Lipinski definition) is 4. The average Bonchev–Trinajstić information content (AvgIpc) is 2.56. The van der Waals surface area contributed by atoms with Gasteiger partial charge < -0.3 is 14.4 Å². The van der Waals surface area contributed by atoms with Crippen LogP contribution in [0.1, 0.15) is 5.56 Å². The third kappa shape index (κ3) is 6.51. The predicted octanol–water partition coefficient (Wildman–Crippen LogP) is 4.66. The average molecular weight is 371 g/mol. The molecular formula is C18H20F3NO2S. The lowest BCUT2D eigenvalue weighted by atomic mass is 10.2. The zero-order valence-electron chi connectivity index (χ0n) is 14.0. The molecule has 0 spiro atoms. The Bertz CT molecular complexity index is 668. The monoisotopic (exact) mass is 371 g/mol. The van der Waals surface area contributed by atoms with E-state index in [-0.39, 0.29) is 17.3 Å². The molecule has 25 heavy (non-hydrogen) atoms. The van der Waals surface area contributed by atoms with Crippen LogP contribution < -0.4 is 9.47 Å². The lowest BCUT2D eigenvalue weighted by Crippen LogP contribution is -2.20. The summed E-state index contributed by atoms with van der Waals surface area (Å²) in [6.07, 6.45) is 0. The molecule has 0 amide bonds. The molecule has 0 saturated carbocycles. The minimum atomic E-state index is -2.89. The standard InChI is InChI=1S/C18H20F3NO2S/c1-22(9-10-25-15-6-4-14(19)5-7-15)12-13-3-8-16(23-2)17(11-13)24-18(20)21/h3-8,11,18H,9-10,12H2,1-2H3. The number of ether oxygens (including phenoxy) is 2. The van der Waals surface area contributed by atoms with Gasteiger partial charge in [0.05, 0.1) is 7.11 Å². The molecule has 0 bridgehead atoms. The molecule has 0 unspecified atom stereocenters. The second kappa shape index (κ2) is 9.58. The molecule has 0 saturated heterocycles. The highest BCUT2D eigenvalue weighted by molar-refractivity contribution is 7.99. The normalized spacial score (nSPS) is 11.2. The summed E-state index contributed by atoms with van der Waals surface area (Å²) in [4.78, 5) is 3.08. The van der Waals surface area contributed by atoms with Crippen molar-refractivity contribution in [2.75, 3.05) is 26.5 Å². The number of halogens is 3. The van der Waals surface area contributed by atoms with Crippen LogP contribution in [-0.2, 0) is 6.54 Å². The Labute approximate surface area is 149 Å². The fourth-order valence-electron chi connectivity index (χ4n) is 2.25. The Hall–Kier alpha value is -1.86. The molecule has 2 aromatic carbocycles. The summed E-state index contributed by atoms with van der Waals surface area (Å²) in [7, 11) is 3.36. The Morgan fingerprint density at radius 3 is 2.44 bits per heavy atom. The Balaban J connectivity index is 1.86. The first-order valence-electron chi connectivity index (χ1n) is 7.66. The number of rotatable bonds is 9. The van der Waals surface area contributed by atoms with E-state index in [1.807, 2.05) is 13.1 Å². The van der Waals surface area contributed by atoms with Crippen LogP contribution in [0.2, 0.25) is 0 Å². The van der Waals surface area contributed by atoms with Gasteiger partial charge in [-0.2, -0.15) is 8.78 Å². The summed E-state index contributed by atoms with van der Waals surface area (Å²) in [5.74, 6) is 0.893. The van der Waals surface area contributed by atoms with Crippen molar-refractivity contribution in [1.29, 1.82) is 0 Å². The maximum atomic E-state index is 12.9. The van der Waals surface area contributed by atoms with Crippen LogP contribution in [0.5, 0.6) is 11.5 Å². The van der Waals surface area contributed by atoms with Crippen molar-refractivity contribution < 1.29 is 22.6 Å². The molecule has 2 rings (SSSR count). The second-order valence-electron chi connectivity index (χ2n) is 5.40. The number of benzene rings is 2. The first-order valence-corrected chi connectivity index (χ1v) is 8.65. The number of thioether (sulfide) groups is 1. The van der Waals surface area contributed by atoms with Gasteiger partial charge in [0, 0.05) is 23.7 Å². The minimum Gasteiger partial charge on any atom is -0.493 e. The molecule has 7 heteroatoms. The molecule has 136 valence electrons. The van der Waals surface area contributed by atoms with Gasteiger partial charge in [0.2, 0.25) is 0 Å². The second-order valence-corrected chi connectivity index (χ2v) is 6.57. The highest BCUT2D eigenvalue weighted by Gasteiger charge is 2.12. The van der Waals surface area contributed by atoms with Crippen LogP contribution >= 0.6 is 11.8 Å². The van der Waals surface area contributed by atoms with Gasteiger partial charge in [0.25, 0.3) is 0 Å². The highest BCUT2D eigenvalue weighted by Crippen LogP contribution is 2.30. The van der Waals surface area contributed by atoms with Gasteiger partial charge in [-0.15, -0.1) is 11.8 Å². The lowest BCUT2D eigenvalue weighted by Gasteiger charge is -2.18. The molecule has 0 heterocycles. The van der Waals surface area contributed by atoms with E-state index in [0.29, 0.717) is 6.54 Å². The van der Waals surface area contributed by atoms with Crippen molar-refractivity contribution in [3.8, 4) is 11.5 Å². The number of hydrogen-bond donors (Lipinski definition) is 0. The van der Waals surface area contributed by atoms with Gasteiger partial charge in [-0.1, -0.05) is 6.07 Å². The number of nitrogens with zero attached hydrogens (tertiary/aromatic N) is 1. The van der Waals surface area contributed by atoms with Gasteiger partial charge in [-0.25, -0.2) is 4.39 Å². The molecule has 0 atom stereocenters. The predicted molar refractivity (Wildman–Crippen MR) is 93.1 cm³/mol. The van der Waals surface area contributed by atoms with E-state index < -0.39 is 6.61 Å². The van der Waals surface area contributed by atoms with Crippen LogP contribution in [0, 0.1) is 5.82 Å². The summed E-state index contributed by atoms with van der Waals surface area (Å²) >= 11 is 1.63. The smallest absolute Gasteiger partial charge is 0.387 e. The van der Waals surface area contributed by atoms with Crippen molar-refractivity contribution in [3.63, 3.8) is 0 Å². The van der Waals surface area contributed by atoms with Gasteiger partial charge in [-0.3, -0.25) is 0 Å². The summed E-state index contributed by atoms with van der Waals surface area (Å²) in [5, 5.41) is 0. The maximum Gasteiger partial charge on any atom is 0.387 e. The fraction of sp³-hybridized carbons (Fsp3) is 0.333. The molecule has 0 aliphatic rings. The molecule has 0 fully saturated rings. The maximum absolute atomic E-state index is 12.9. The highest BCUT2D eigenvalue weighted by atomic mass is 32.2. The largest absolute Gasteiger partial charge is 0.493 e. The van der Waals surface area contributed by atoms with Crippen LogP contribution in [0.4, 0.5) is 13.2 Å². The van der Waals surface area contributed by atoms with Gasteiger partial charge in [0.15, 0.2) is 11.5 Å².